The van der Waals surface area contributed by atoms with E-state index in [1.807, 2.05) is 5.20 Å². The van der Waals surface area contributed by atoms with E-state index in [2.05, 4.69) is 50.3 Å². The van der Waals surface area contributed by atoms with E-state index in [9.17, 15) is 0 Å². The van der Waals surface area contributed by atoms with Gasteiger partial charge in [-0.25, -0.2) is 0 Å². The Balaban J connectivity index is 1.70. The van der Waals surface area contributed by atoms with E-state index >= 15 is 0 Å². The van der Waals surface area contributed by atoms with Crippen LogP contribution in [0.25, 0.3) is 0 Å². The maximum absolute atomic E-state index is 2.62. The quantitative estimate of drug-likeness (QED) is 0.640. The highest BCUT2D eigenvalue weighted by Gasteiger charge is 2.22. The van der Waals surface area contributed by atoms with Gasteiger partial charge in [0.1, 0.15) is 0 Å². The van der Waals surface area contributed by atoms with Gasteiger partial charge in [-0.05, 0) is 36.7 Å². The molecule has 23 heavy (non-hydrogen) atoms. The maximum Gasteiger partial charge on any atom is 0.0832 e. The Bertz CT molecular complexity index is 561. The number of hydrogen-bond donors (Lipinski definition) is 0. The highest BCUT2D eigenvalue weighted by atomic mass is 28.2. The van der Waals surface area contributed by atoms with Crippen LogP contribution >= 0.6 is 0 Å². The molecular formula is C22H32Si. The van der Waals surface area contributed by atoms with Crippen molar-refractivity contribution in [2.75, 3.05) is 0 Å². The predicted molar refractivity (Wildman–Crippen MR) is 105 cm³/mol. The summed E-state index contributed by atoms with van der Waals surface area (Å²) in [5, 5.41) is 3.44. The molecule has 0 radical (unpaired) electrons. The first-order chi connectivity index (χ1) is 11.3. The van der Waals surface area contributed by atoms with Crippen LogP contribution in [0.5, 0.6) is 0 Å². The molecule has 0 N–H and O–H groups in total. The van der Waals surface area contributed by atoms with Gasteiger partial charge >= 0.3 is 0 Å². The van der Waals surface area contributed by atoms with E-state index in [-0.39, 0.29) is 9.52 Å². The zero-order valence-corrected chi connectivity index (χ0v) is 16.4. The van der Waals surface area contributed by atoms with Gasteiger partial charge in [-0.15, -0.1) is 0 Å². The summed E-state index contributed by atoms with van der Waals surface area (Å²) in [6, 6.07) is 11.2. The number of rotatable bonds is 6. The van der Waals surface area contributed by atoms with Gasteiger partial charge in [-0.1, -0.05) is 98.3 Å². The first kappa shape index (κ1) is 16.8. The third-order valence-electron chi connectivity index (χ3n) is 5.89. The molecule has 0 saturated heterocycles. The fourth-order valence-electron chi connectivity index (χ4n) is 4.36. The molecule has 0 spiro atoms. The summed E-state index contributed by atoms with van der Waals surface area (Å²) in [6.45, 7) is 4.76. The highest BCUT2D eigenvalue weighted by Crippen LogP contribution is 2.37. The molecule has 0 aromatic heterocycles. The Labute approximate surface area is 144 Å². The zero-order chi connectivity index (χ0) is 16.1. The molecule has 1 aromatic rings. The van der Waals surface area contributed by atoms with Gasteiger partial charge < -0.3 is 0 Å². The minimum atomic E-state index is -0.276. The largest absolute Gasteiger partial charge is 0.0832 e. The molecule has 0 amide bonds. The summed E-state index contributed by atoms with van der Waals surface area (Å²) in [4.78, 5) is 0. The summed E-state index contributed by atoms with van der Waals surface area (Å²) in [5.41, 5.74) is 3.47. The van der Waals surface area contributed by atoms with Gasteiger partial charge in [0.25, 0.3) is 0 Å². The molecule has 1 saturated carbocycles. The van der Waals surface area contributed by atoms with Crippen molar-refractivity contribution >= 4 is 14.7 Å². The molecule has 1 atom stereocenters. The molecule has 0 heterocycles. The summed E-state index contributed by atoms with van der Waals surface area (Å²) in [6.07, 6.45) is 13.9. The Morgan fingerprint density at radius 1 is 1.09 bits per heavy atom. The Morgan fingerprint density at radius 3 is 2.52 bits per heavy atom. The van der Waals surface area contributed by atoms with Gasteiger partial charge in [0, 0.05) is 0 Å². The molecule has 1 fully saturated rings. The van der Waals surface area contributed by atoms with Gasteiger partial charge in [0.2, 0.25) is 0 Å². The topological polar surface area (TPSA) is 0 Å². The van der Waals surface area contributed by atoms with E-state index in [0.717, 1.165) is 11.8 Å². The lowest BCUT2D eigenvalue weighted by molar-refractivity contribution is 0.355. The average Bonchev–Trinajstić information content (AvgIpc) is 2.98. The Hall–Kier alpha value is -1.08. The van der Waals surface area contributed by atoms with Crippen LogP contribution in [-0.2, 0) is 0 Å². The molecule has 0 bridgehead atoms. The van der Waals surface area contributed by atoms with Crippen molar-refractivity contribution in [2.24, 2.45) is 11.8 Å². The summed E-state index contributed by atoms with van der Waals surface area (Å²) in [5.74, 6) is 1.72. The monoisotopic (exact) mass is 324 g/mol. The summed E-state index contributed by atoms with van der Waals surface area (Å²) in [7, 11) is -0.276. The minimum absolute atomic E-state index is 0.276. The van der Waals surface area contributed by atoms with Gasteiger partial charge in [-0.2, -0.15) is 0 Å². The lowest BCUT2D eigenvalue weighted by atomic mass is 9.84. The zero-order valence-electron chi connectivity index (χ0n) is 15.0. The second kappa shape index (κ2) is 8.15. The van der Waals surface area contributed by atoms with Crippen LogP contribution in [0.1, 0.15) is 65.2 Å². The molecule has 3 rings (SSSR count). The number of hydrogen-bond acceptors (Lipinski definition) is 0. The van der Waals surface area contributed by atoms with Crippen molar-refractivity contribution < 1.29 is 0 Å². The van der Waals surface area contributed by atoms with Crippen molar-refractivity contribution in [3.8, 4) is 0 Å². The molecule has 124 valence electrons. The van der Waals surface area contributed by atoms with Crippen molar-refractivity contribution in [3.63, 3.8) is 0 Å². The lowest BCUT2D eigenvalue weighted by Crippen LogP contribution is -2.17. The molecule has 1 aromatic carbocycles. The molecule has 2 aliphatic carbocycles. The Morgan fingerprint density at radius 2 is 1.83 bits per heavy atom. The van der Waals surface area contributed by atoms with E-state index < -0.39 is 0 Å². The lowest BCUT2D eigenvalue weighted by Gasteiger charge is -2.22. The predicted octanol–water partition coefficient (Wildman–Crippen LogP) is 5.08. The van der Waals surface area contributed by atoms with E-state index in [4.69, 9.17) is 0 Å². The van der Waals surface area contributed by atoms with Crippen LogP contribution in [0, 0.1) is 11.8 Å². The first-order valence-corrected chi connectivity index (χ1v) is 11.1. The van der Waals surface area contributed by atoms with Gasteiger partial charge in [-0.3, -0.25) is 0 Å². The molecule has 0 nitrogen and oxygen atoms in total. The smallest absolute Gasteiger partial charge is 0.0752 e. The first-order valence-electron chi connectivity index (χ1n) is 9.71. The van der Waals surface area contributed by atoms with Crippen LogP contribution in [0.3, 0.4) is 0 Å². The fraction of sp³-hybridized carbons (Fsp3) is 0.545. The number of benzene rings is 1. The highest BCUT2D eigenvalue weighted by molar-refractivity contribution is 6.61. The van der Waals surface area contributed by atoms with Crippen LogP contribution < -0.4 is 5.19 Å². The third kappa shape index (κ3) is 4.47. The number of allylic oxidation sites excluding steroid dienone is 4. The van der Waals surface area contributed by atoms with Gasteiger partial charge in [0.15, 0.2) is 0 Å². The normalized spacial score (nSPS) is 21.2. The Kier molecular flexibility index (Phi) is 5.94. The van der Waals surface area contributed by atoms with Crippen LogP contribution in [0.15, 0.2) is 52.8 Å². The standard InChI is InChI=1S/C22H32Si/c1-3-17(2)21-15-19(14-18-10-6-4-7-11-18)16-22(21)23-20-12-8-5-9-13-20/h5,8-9,12-13,15,17-18H,3-4,6-7,10-11,14,16,23H2,1-2H3. The van der Waals surface area contributed by atoms with Crippen LogP contribution in [0.2, 0.25) is 0 Å². The van der Waals surface area contributed by atoms with Crippen LogP contribution in [-0.4, -0.2) is 9.52 Å². The van der Waals surface area contributed by atoms with Crippen molar-refractivity contribution in [1.29, 1.82) is 0 Å². The van der Waals surface area contributed by atoms with Crippen LogP contribution in [0.4, 0.5) is 0 Å². The molecular weight excluding hydrogens is 292 g/mol. The molecule has 0 aliphatic heterocycles. The minimum Gasteiger partial charge on any atom is -0.0752 e. The van der Waals surface area contributed by atoms with Crippen molar-refractivity contribution in [3.05, 3.63) is 52.8 Å². The second-order valence-corrected chi connectivity index (χ2v) is 9.74. The van der Waals surface area contributed by atoms with Crippen molar-refractivity contribution in [1.82, 2.24) is 0 Å². The van der Waals surface area contributed by atoms with Gasteiger partial charge in [0.05, 0.1) is 9.52 Å². The second-order valence-electron chi connectivity index (χ2n) is 7.72. The summed E-state index contributed by atoms with van der Waals surface area (Å²) < 4.78 is 0. The molecule has 1 unspecified atom stereocenters. The maximum atomic E-state index is 2.62. The third-order valence-corrected chi connectivity index (χ3v) is 7.85. The van der Waals surface area contributed by atoms with E-state index in [0.29, 0.717) is 0 Å². The fourth-order valence-corrected chi connectivity index (χ4v) is 6.46. The SMILES string of the molecule is CCC(C)C1=C([SiH2]c2ccccc2)CC(CC2CCCCC2)=C1. The summed E-state index contributed by atoms with van der Waals surface area (Å²) >= 11 is 0. The molecule has 2 aliphatic rings. The van der Waals surface area contributed by atoms with E-state index in [1.54, 1.807) is 16.3 Å². The van der Waals surface area contributed by atoms with E-state index in [1.165, 1.54) is 51.4 Å². The van der Waals surface area contributed by atoms with Crippen molar-refractivity contribution in [2.45, 2.75) is 65.2 Å². The molecule has 1 heteroatoms. The average molecular weight is 325 g/mol.